The summed E-state index contributed by atoms with van der Waals surface area (Å²) in [5, 5.41) is 2.97. The molecule has 5 aromatic rings. The molecule has 2 aromatic heterocycles. The number of imidazole rings is 1. The number of benzene rings is 3. The zero-order valence-corrected chi connectivity index (χ0v) is 22.4. The van der Waals surface area contributed by atoms with Gasteiger partial charge in [0.2, 0.25) is 11.9 Å². The van der Waals surface area contributed by atoms with Crippen LogP contribution < -0.4 is 10.0 Å². The van der Waals surface area contributed by atoms with E-state index in [0.717, 1.165) is 22.5 Å². The van der Waals surface area contributed by atoms with Gasteiger partial charge in [-0.05, 0) is 37.3 Å². The fraction of sp³-hybridized carbons (Fsp3) is 0.0714. The lowest BCUT2D eigenvalue weighted by atomic mass is 10.1. The fourth-order valence-electron chi connectivity index (χ4n) is 3.74. The Hall–Kier alpha value is -4.48. The van der Waals surface area contributed by atoms with Crippen molar-refractivity contribution in [3.63, 3.8) is 0 Å². The van der Waals surface area contributed by atoms with E-state index >= 15 is 0 Å². The van der Waals surface area contributed by atoms with Gasteiger partial charge >= 0.3 is 0 Å². The summed E-state index contributed by atoms with van der Waals surface area (Å²) >= 11 is 1.31. The monoisotopic (exact) mass is 556 g/mol. The van der Waals surface area contributed by atoms with Gasteiger partial charge in [-0.2, -0.15) is 0 Å². The summed E-state index contributed by atoms with van der Waals surface area (Å²) in [5.41, 5.74) is 4.12. The van der Waals surface area contributed by atoms with Crippen molar-refractivity contribution in [3.8, 4) is 22.5 Å². The second kappa shape index (κ2) is 11.5. The van der Waals surface area contributed by atoms with E-state index in [9.17, 15) is 13.2 Å². The average Bonchev–Trinajstić information content (AvgIpc) is 3.38. The van der Waals surface area contributed by atoms with Crippen LogP contribution in [-0.2, 0) is 14.8 Å². The van der Waals surface area contributed by atoms with Gasteiger partial charge in [-0.3, -0.25) is 4.79 Å². The van der Waals surface area contributed by atoms with E-state index < -0.39 is 15.3 Å². The SMILES string of the molecule is CC(Sc1nc(-c2ccccc2)c(-c2ccccc2)[nH]1)C(=O)Nc1ccc(S(=O)(=O)Nc2ncccn2)cc1. The summed E-state index contributed by atoms with van der Waals surface area (Å²) in [6, 6.07) is 27.3. The first-order valence-electron chi connectivity index (χ1n) is 12.0. The van der Waals surface area contributed by atoms with Gasteiger partial charge in [-0.25, -0.2) is 28.1 Å². The van der Waals surface area contributed by atoms with Crippen molar-refractivity contribution < 1.29 is 13.2 Å². The number of carbonyl (C=O) groups excluding carboxylic acids is 1. The highest BCUT2D eigenvalue weighted by Crippen LogP contribution is 2.34. The van der Waals surface area contributed by atoms with Crippen LogP contribution in [0, 0.1) is 0 Å². The van der Waals surface area contributed by atoms with E-state index in [1.165, 1.54) is 48.4 Å². The van der Waals surface area contributed by atoms with Crippen molar-refractivity contribution in [1.29, 1.82) is 0 Å². The number of anilines is 2. The molecule has 11 heteroatoms. The molecule has 3 aromatic carbocycles. The van der Waals surface area contributed by atoms with Crippen LogP contribution in [0.3, 0.4) is 0 Å². The van der Waals surface area contributed by atoms with Crippen LogP contribution in [0.5, 0.6) is 0 Å². The molecule has 0 bridgehead atoms. The summed E-state index contributed by atoms with van der Waals surface area (Å²) in [6.07, 6.45) is 2.88. The Morgan fingerprint density at radius 3 is 2.10 bits per heavy atom. The van der Waals surface area contributed by atoms with Gasteiger partial charge in [0.15, 0.2) is 5.16 Å². The maximum absolute atomic E-state index is 13.0. The minimum absolute atomic E-state index is 0.0212. The molecular weight excluding hydrogens is 532 g/mol. The quantitative estimate of drug-likeness (QED) is 0.206. The van der Waals surface area contributed by atoms with Gasteiger partial charge in [-0.15, -0.1) is 0 Å². The van der Waals surface area contributed by atoms with E-state index in [-0.39, 0.29) is 16.8 Å². The molecule has 0 spiro atoms. The molecule has 0 fully saturated rings. The van der Waals surface area contributed by atoms with Crippen molar-refractivity contribution >= 4 is 39.3 Å². The topological polar surface area (TPSA) is 130 Å². The van der Waals surface area contributed by atoms with E-state index in [1.807, 2.05) is 60.7 Å². The first-order valence-corrected chi connectivity index (χ1v) is 14.3. The lowest BCUT2D eigenvalue weighted by Gasteiger charge is -2.11. The lowest BCUT2D eigenvalue weighted by Crippen LogP contribution is -2.22. The van der Waals surface area contributed by atoms with Gasteiger partial charge < -0.3 is 10.3 Å². The molecule has 5 rings (SSSR count). The average molecular weight is 557 g/mol. The van der Waals surface area contributed by atoms with Gasteiger partial charge in [-0.1, -0.05) is 72.4 Å². The molecule has 2 heterocycles. The second-order valence-electron chi connectivity index (χ2n) is 8.45. The van der Waals surface area contributed by atoms with Crippen molar-refractivity contribution in [2.45, 2.75) is 22.2 Å². The number of amides is 1. The van der Waals surface area contributed by atoms with E-state index in [2.05, 4.69) is 25.0 Å². The van der Waals surface area contributed by atoms with Crippen molar-refractivity contribution in [3.05, 3.63) is 103 Å². The molecule has 0 radical (unpaired) electrons. The fourth-order valence-corrected chi connectivity index (χ4v) is 5.50. The maximum atomic E-state index is 13.0. The molecule has 196 valence electrons. The summed E-state index contributed by atoms with van der Waals surface area (Å²) in [6.45, 7) is 1.79. The molecule has 1 amide bonds. The number of sulfonamides is 1. The summed E-state index contributed by atoms with van der Waals surface area (Å²) in [7, 11) is -3.87. The number of hydrogen-bond donors (Lipinski definition) is 3. The van der Waals surface area contributed by atoms with Crippen LogP contribution in [0.15, 0.2) is 113 Å². The molecule has 0 aliphatic carbocycles. The van der Waals surface area contributed by atoms with Gasteiger partial charge in [0.05, 0.1) is 21.5 Å². The lowest BCUT2D eigenvalue weighted by molar-refractivity contribution is -0.115. The predicted molar refractivity (Wildman–Crippen MR) is 153 cm³/mol. The van der Waals surface area contributed by atoms with Gasteiger partial charge in [0.1, 0.15) is 0 Å². The minimum Gasteiger partial charge on any atom is -0.332 e. The number of carbonyl (C=O) groups is 1. The molecule has 0 saturated carbocycles. The van der Waals surface area contributed by atoms with Crippen LogP contribution >= 0.6 is 11.8 Å². The molecule has 0 saturated heterocycles. The third-order valence-corrected chi connectivity index (χ3v) is 8.00. The molecule has 0 aliphatic heterocycles. The third kappa shape index (κ3) is 6.33. The first-order chi connectivity index (χ1) is 18.9. The van der Waals surface area contributed by atoms with E-state index in [4.69, 9.17) is 4.98 Å². The van der Waals surface area contributed by atoms with Gasteiger partial charge in [0.25, 0.3) is 10.0 Å². The second-order valence-corrected chi connectivity index (χ2v) is 11.5. The molecule has 0 aliphatic rings. The number of H-pyrrole nitrogens is 1. The summed E-state index contributed by atoms with van der Waals surface area (Å²) in [4.78, 5) is 28.9. The Morgan fingerprint density at radius 1 is 0.846 bits per heavy atom. The first kappa shape index (κ1) is 26.1. The standard InChI is InChI=1S/C28H24N6O3S2/c1-19(26(35)31-22-13-15-23(16-14-22)39(36,37)34-27-29-17-8-18-30-27)38-28-32-24(20-9-4-2-5-10-20)25(33-28)21-11-6-3-7-12-21/h2-19H,1H3,(H,31,35)(H,32,33)(H,29,30,34). The Kier molecular flexibility index (Phi) is 7.71. The van der Waals surface area contributed by atoms with Crippen molar-refractivity contribution in [2.24, 2.45) is 0 Å². The zero-order chi connectivity index (χ0) is 27.2. The van der Waals surface area contributed by atoms with E-state index in [0.29, 0.717) is 10.8 Å². The largest absolute Gasteiger partial charge is 0.332 e. The Labute approximate surface area is 230 Å². The van der Waals surface area contributed by atoms with Crippen molar-refractivity contribution in [2.75, 3.05) is 10.0 Å². The molecule has 9 nitrogen and oxygen atoms in total. The zero-order valence-electron chi connectivity index (χ0n) is 20.8. The summed E-state index contributed by atoms with van der Waals surface area (Å²) in [5.74, 6) is -0.269. The molecule has 3 N–H and O–H groups in total. The maximum Gasteiger partial charge on any atom is 0.264 e. The molecule has 39 heavy (non-hydrogen) atoms. The number of nitrogens with one attached hydrogen (secondary N) is 3. The highest BCUT2D eigenvalue weighted by molar-refractivity contribution is 8.00. The van der Waals surface area contributed by atoms with Crippen molar-refractivity contribution in [1.82, 2.24) is 19.9 Å². The van der Waals surface area contributed by atoms with Crippen LogP contribution in [0.25, 0.3) is 22.5 Å². The number of aromatic amines is 1. The normalized spacial score (nSPS) is 12.0. The number of hydrogen-bond acceptors (Lipinski definition) is 7. The minimum atomic E-state index is -3.87. The molecule has 1 unspecified atom stereocenters. The summed E-state index contributed by atoms with van der Waals surface area (Å²) < 4.78 is 27.5. The van der Waals surface area contributed by atoms with Crippen LogP contribution in [0.1, 0.15) is 6.92 Å². The Morgan fingerprint density at radius 2 is 1.46 bits per heavy atom. The number of rotatable bonds is 9. The van der Waals surface area contributed by atoms with Crippen LogP contribution in [0.4, 0.5) is 11.6 Å². The van der Waals surface area contributed by atoms with Gasteiger partial charge in [0, 0.05) is 29.2 Å². The number of nitrogens with zero attached hydrogens (tertiary/aromatic N) is 3. The Balaban J connectivity index is 1.28. The highest BCUT2D eigenvalue weighted by Gasteiger charge is 2.21. The van der Waals surface area contributed by atoms with Crippen LogP contribution in [-0.4, -0.2) is 39.5 Å². The Bertz CT molecular complexity index is 1600. The van der Waals surface area contributed by atoms with Crippen LogP contribution in [0.2, 0.25) is 0 Å². The molecular formula is C28H24N6O3S2. The third-order valence-electron chi connectivity index (χ3n) is 5.67. The number of thioether (sulfide) groups is 1. The smallest absolute Gasteiger partial charge is 0.264 e. The predicted octanol–water partition coefficient (Wildman–Crippen LogP) is 5.45. The van der Waals surface area contributed by atoms with E-state index in [1.54, 1.807) is 13.0 Å². The molecule has 1 atom stereocenters. The number of aromatic nitrogens is 4. The highest BCUT2D eigenvalue weighted by atomic mass is 32.2.